The van der Waals surface area contributed by atoms with Gasteiger partial charge in [-0.1, -0.05) is 12.1 Å². The number of Topliss-reactive ketones (excluding diaryl/α,β-unsaturated/α-hetero) is 1. The number of nitrogens with zero attached hydrogens (tertiary/aromatic N) is 1. The van der Waals surface area contributed by atoms with Gasteiger partial charge < -0.3 is 14.8 Å². The van der Waals surface area contributed by atoms with E-state index < -0.39 is 16.0 Å². The molecule has 1 saturated heterocycles. The van der Waals surface area contributed by atoms with Crippen LogP contribution in [0, 0.1) is 0 Å². The molecule has 10 heteroatoms. The number of anilines is 1. The normalized spacial score (nSPS) is 16.9. The standard InChI is InChI=1S/C22H26N2O6S2/c1-29-22(26)20-17-7-2-3-8-19(17)31-21(20)23-14-18(25)15-5-4-6-16(13-15)32(27,28)24-9-11-30-12-10-24/h4-6,13,23H,2-3,7-12,14H2,1H3. The van der Waals surface area contributed by atoms with Gasteiger partial charge >= 0.3 is 5.97 Å². The van der Waals surface area contributed by atoms with Crippen LogP contribution in [-0.2, 0) is 32.3 Å². The van der Waals surface area contributed by atoms with Crippen molar-refractivity contribution in [2.24, 2.45) is 0 Å². The second kappa shape index (κ2) is 9.70. The summed E-state index contributed by atoms with van der Waals surface area (Å²) >= 11 is 1.49. The number of aryl methyl sites for hydroxylation is 1. The fraction of sp³-hybridized carbons (Fsp3) is 0.455. The van der Waals surface area contributed by atoms with E-state index in [9.17, 15) is 18.0 Å². The van der Waals surface area contributed by atoms with Crippen molar-refractivity contribution in [2.75, 3.05) is 45.3 Å². The summed E-state index contributed by atoms with van der Waals surface area (Å²) in [6, 6.07) is 6.08. The summed E-state index contributed by atoms with van der Waals surface area (Å²) < 4.78 is 37.4. The summed E-state index contributed by atoms with van der Waals surface area (Å²) in [4.78, 5) is 26.5. The van der Waals surface area contributed by atoms with Crippen molar-refractivity contribution < 1.29 is 27.5 Å². The molecule has 0 unspecified atom stereocenters. The molecule has 0 saturated carbocycles. The number of esters is 1. The summed E-state index contributed by atoms with van der Waals surface area (Å²) in [5.74, 6) is -0.663. The predicted octanol–water partition coefficient (Wildman–Crippen LogP) is 2.73. The monoisotopic (exact) mass is 478 g/mol. The predicted molar refractivity (Wildman–Crippen MR) is 121 cm³/mol. The molecule has 2 aliphatic rings. The van der Waals surface area contributed by atoms with E-state index in [4.69, 9.17) is 9.47 Å². The van der Waals surface area contributed by atoms with Crippen molar-refractivity contribution >= 4 is 38.1 Å². The van der Waals surface area contributed by atoms with E-state index in [1.165, 1.54) is 34.9 Å². The highest BCUT2D eigenvalue weighted by Crippen LogP contribution is 2.38. The van der Waals surface area contributed by atoms with Gasteiger partial charge in [0, 0.05) is 23.5 Å². The molecular weight excluding hydrogens is 452 g/mol. The van der Waals surface area contributed by atoms with E-state index in [1.54, 1.807) is 12.1 Å². The molecule has 0 amide bonds. The third kappa shape index (κ3) is 4.59. The van der Waals surface area contributed by atoms with E-state index in [2.05, 4.69) is 5.32 Å². The third-order valence-corrected chi connectivity index (χ3v) is 8.88. The number of benzene rings is 1. The van der Waals surface area contributed by atoms with Crippen LogP contribution in [0.2, 0.25) is 0 Å². The van der Waals surface area contributed by atoms with Gasteiger partial charge in [0.2, 0.25) is 10.0 Å². The number of nitrogens with one attached hydrogen (secondary N) is 1. The van der Waals surface area contributed by atoms with Gasteiger partial charge in [0.25, 0.3) is 0 Å². The van der Waals surface area contributed by atoms with Crippen LogP contribution in [0.4, 0.5) is 5.00 Å². The lowest BCUT2D eigenvalue weighted by Gasteiger charge is -2.26. The van der Waals surface area contributed by atoms with Crippen LogP contribution in [0.15, 0.2) is 29.2 Å². The van der Waals surface area contributed by atoms with Crippen molar-refractivity contribution in [2.45, 2.75) is 30.6 Å². The fourth-order valence-electron chi connectivity index (χ4n) is 4.04. The number of hydrogen-bond donors (Lipinski definition) is 1. The molecule has 0 radical (unpaired) electrons. The molecule has 1 aromatic carbocycles. The van der Waals surface area contributed by atoms with E-state index in [0.29, 0.717) is 42.4 Å². The number of rotatable bonds is 7. The van der Waals surface area contributed by atoms with Crippen LogP contribution in [0.25, 0.3) is 0 Å². The Hall–Kier alpha value is -2.27. The minimum atomic E-state index is -3.69. The van der Waals surface area contributed by atoms with Crippen molar-refractivity contribution in [3.05, 3.63) is 45.8 Å². The highest BCUT2D eigenvalue weighted by molar-refractivity contribution is 7.89. The molecule has 0 bridgehead atoms. The summed E-state index contributed by atoms with van der Waals surface area (Å²) in [5.41, 5.74) is 1.83. The van der Waals surface area contributed by atoms with Gasteiger partial charge in [0.1, 0.15) is 5.00 Å². The lowest BCUT2D eigenvalue weighted by Crippen LogP contribution is -2.40. The minimum Gasteiger partial charge on any atom is -0.465 e. The van der Waals surface area contributed by atoms with Gasteiger partial charge in [-0.2, -0.15) is 4.31 Å². The first kappa shape index (κ1) is 22.9. The molecule has 0 spiro atoms. The number of carbonyl (C=O) groups excluding carboxylic acids is 2. The number of ether oxygens (including phenoxy) is 2. The number of carbonyl (C=O) groups is 2. The minimum absolute atomic E-state index is 0.0511. The SMILES string of the molecule is COC(=O)c1c(NCC(=O)c2cccc(S(=O)(=O)N3CCOCC3)c2)sc2c1CCCC2. The lowest BCUT2D eigenvalue weighted by molar-refractivity contribution is 0.0600. The first-order chi connectivity index (χ1) is 15.4. The number of morpholine rings is 1. The Bertz CT molecular complexity index is 1120. The Morgan fingerprint density at radius 2 is 1.94 bits per heavy atom. The zero-order valence-corrected chi connectivity index (χ0v) is 19.5. The van der Waals surface area contributed by atoms with Gasteiger partial charge in [-0.3, -0.25) is 4.79 Å². The molecule has 4 rings (SSSR count). The van der Waals surface area contributed by atoms with E-state index in [-0.39, 0.29) is 17.2 Å². The third-order valence-electron chi connectivity index (χ3n) is 5.73. The summed E-state index contributed by atoms with van der Waals surface area (Å²) in [6.07, 6.45) is 3.85. The Labute approximate surface area is 191 Å². The number of fused-ring (bicyclic) bond motifs is 1. The van der Waals surface area contributed by atoms with Crippen LogP contribution in [0.3, 0.4) is 0 Å². The van der Waals surface area contributed by atoms with Crippen molar-refractivity contribution in [1.29, 1.82) is 0 Å². The Kier molecular flexibility index (Phi) is 6.94. The van der Waals surface area contributed by atoms with Crippen molar-refractivity contribution in [1.82, 2.24) is 4.31 Å². The number of ketones is 1. The summed E-state index contributed by atoms with van der Waals surface area (Å²) in [7, 11) is -2.34. The molecule has 0 atom stereocenters. The molecule has 1 aromatic heterocycles. The zero-order valence-electron chi connectivity index (χ0n) is 17.9. The topological polar surface area (TPSA) is 102 Å². The first-order valence-electron chi connectivity index (χ1n) is 10.6. The molecule has 32 heavy (non-hydrogen) atoms. The Balaban J connectivity index is 1.51. The molecule has 8 nitrogen and oxygen atoms in total. The number of sulfonamides is 1. The van der Waals surface area contributed by atoms with Gasteiger partial charge in [0.15, 0.2) is 5.78 Å². The van der Waals surface area contributed by atoms with E-state index in [1.807, 2.05) is 0 Å². The van der Waals surface area contributed by atoms with Gasteiger partial charge in [-0.15, -0.1) is 11.3 Å². The van der Waals surface area contributed by atoms with Crippen molar-refractivity contribution in [3.63, 3.8) is 0 Å². The second-order valence-electron chi connectivity index (χ2n) is 7.73. The summed E-state index contributed by atoms with van der Waals surface area (Å²) in [6.45, 7) is 1.25. The largest absolute Gasteiger partial charge is 0.465 e. The number of methoxy groups -OCH3 is 1. The van der Waals surface area contributed by atoms with Gasteiger partial charge in [-0.25, -0.2) is 13.2 Å². The van der Waals surface area contributed by atoms with Crippen LogP contribution in [-0.4, -0.2) is 64.4 Å². The van der Waals surface area contributed by atoms with Crippen LogP contribution < -0.4 is 5.32 Å². The highest BCUT2D eigenvalue weighted by Gasteiger charge is 2.28. The van der Waals surface area contributed by atoms with Crippen LogP contribution in [0.5, 0.6) is 0 Å². The molecule has 1 fully saturated rings. The average molecular weight is 479 g/mol. The highest BCUT2D eigenvalue weighted by atomic mass is 32.2. The molecule has 2 aromatic rings. The fourth-order valence-corrected chi connectivity index (χ4v) is 6.76. The Morgan fingerprint density at radius 3 is 2.69 bits per heavy atom. The first-order valence-corrected chi connectivity index (χ1v) is 12.9. The maximum atomic E-state index is 12.9. The quantitative estimate of drug-likeness (QED) is 0.482. The smallest absolute Gasteiger partial charge is 0.341 e. The molecular formula is C22H26N2O6S2. The number of thiophene rings is 1. The van der Waals surface area contributed by atoms with Gasteiger partial charge in [0.05, 0.1) is 37.3 Å². The van der Waals surface area contributed by atoms with Crippen molar-refractivity contribution in [3.8, 4) is 0 Å². The summed E-state index contributed by atoms with van der Waals surface area (Å²) in [5, 5.41) is 3.73. The van der Waals surface area contributed by atoms with E-state index >= 15 is 0 Å². The molecule has 2 heterocycles. The average Bonchev–Trinajstić information content (AvgIpc) is 3.21. The van der Waals surface area contributed by atoms with E-state index in [0.717, 1.165) is 36.1 Å². The number of hydrogen-bond acceptors (Lipinski definition) is 8. The van der Waals surface area contributed by atoms with Gasteiger partial charge in [-0.05, 0) is 43.4 Å². The molecule has 1 aliphatic carbocycles. The Morgan fingerprint density at radius 1 is 1.19 bits per heavy atom. The molecule has 1 aliphatic heterocycles. The molecule has 1 N–H and O–H groups in total. The second-order valence-corrected chi connectivity index (χ2v) is 10.8. The van der Waals surface area contributed by atoms with Crippen LogP contribution >= 0.6 is 11.3 Å². The maximum absolute atomic E-state index is 12.9. The lowest BCUT2D eigenvalue weighted by atomic mass is 9.95. The zero-order chi connectivity index (χ0) is 22.7. The van der Waals surface area contributed by atoms with Crippen LogP contribution in [0.1, 0.15) is 44.0 Å². The molecule has 172 valence electrons. The maximum Gasteiger partial charge on any atom is 0.341 e.